The van der Waals surface area contributed by atoms with E-state index in [4.69, 9.17) is 0 Å². The first-order valence-electron chi connectivity index (χ1n) is 10.2. The zero-order chi connectivity index (χ0) is 19.7. The van der Waals surface area contributed by atoms with Gasteiger partial charge < -0.3 is 10.2 Å². The van der Waals surface area contributed by atoms with Crippen LogP contribution in [0.15, 0.2) is 36.4 Å². The van der Waals surface area contributed by atoms with Crippen LogP contribution < -0.4 is 5.32 Å². The number of pyridine rings is 1. The molecule has 4 heteroatoms. The molecule has 146 valence electrons. The van der Waals surface area contributed by atoms with Crippen molar-refractivity contribution in [3.8, 4) is 0 Å². The summed E-state index contributed by atoms with van der Waals surface area (Å²) in [6.07, 6.45) is 4.01. The van der Waals surface area contributed by atoms with E-state index in [0.717, 1.165) is 43.1 Å². The van der Waals surface area contributed by atoms with E-state index in [1.165, 1.54) is 0 Å². The number of nitrogens with zero attached hydrogens (tertiary/aromatic N) is 2. The van der Waals surface area contributed by atoms with E-state index in [0.29, 0.717) is 5.69 Å². The van der Waals surface area contributed by atoms with Crippen molar-refractivity contribution < 1.29 is 4.79 Å². The lowest BCUT2D eigenvalue weighted by Crippen LogP contribution is -2.63. The summed E-state index contributed by atoms with van der Waals surface area (Å²) < 4.78 is 0. The fraction of sp³-hybridized carbons (Fsp3) is 0.565. The molecule has 1 aliphatic heterocycles. The van der Waals surface area contributed by atoms with Gasteiger partial charge in [0.15, 0.2) is 0 Å². The standard InChI is InChI=1S/C23H33N3O/c1-6-7-14-26(18-15-22(2,3)25-23(4,5)16-18)21(27)20-13-12-17-10-8-9-11-19(17)24-20/h8-13,18,25H,6-7,14-16H2,1-5H3. The van der Waals surface area contributed by atoms with Crippen LogP contribution in [0.4, 0.5) is 0 Å². The molecule has 4 nitrogen and oxygen atoms in total. The van der Waals surface area contributed by atoms with Gasteiger partial charge in [-0.1, -0.05) is 37.6 Å². The summed E-state index contributed by atoms with van der Waals surface area (Å²) in [7, 11) is 0. The van der Waals surface area contributed by atoms with Crippen LogP contribution in [-0.2, 0) is 0 Å². The van der Waals surface area contributed by atoms with Crippen LogP contribution in [0.1, 0.15) is 70.8 Å². The Morgan fingerprint density at radius 3 is 2.44 bits per heavy atom. The molecule has 1 saturated heterocycles. The molecular formula is C23H33N3O. The molecule has 0 atom stereocenters. The number of piperidine rings is 1. The predicted octanol–water partition coefficient (Wildman–Crippen LogP) is 4.79. The van der Waals surface area contributed by atoms with Crippen LogP contribution in [0, 0.1) is 0 Å². The summed E-state index contributed by atoms with van der Waals surface area (Å²) in [5.74, 6) is 0.0627. The van der Waals surface area contributed by atoms with E-state index in [-0.39, 0.29) is 23.0 Å². The lowest BCUT2D eigenvalue weighted by atomic mass is 9.79. The normalized spacial score (nSPS) is 19.1. The first kappa shape index (κ1) is 19.8. The summed E-state index contributed by atoms with van der Waals surface area (Å²) in [5.41, 5.74) is 1.45. The number of carbonyl (C=O) groups excluding carboxylic acids is 1. The van der Waals surface area contributed by atoms with E-state index >= 15 is 0 Å². The van der Waals surface area contributed by atoms with Gasteiger partial charge in [0.05, 0.1) is 5.52 Å². The lowest BCUT2D eigenvalue weighted by molar-refractivity contribution is 0.0437. The molecule has 1 aromatic carbocycles. The number of unbranched alkanes of at least 4 members (excludes halogenated alkanes) is 1. The molecule has 0 aliphatic carbocycles. The Bertz CT molecular complexity index is 796. The molecule has 2 heterocycles. The Labute approximate surface area is 163 Å². The molecule has 0 unspecified atom stereocenters. The number of fused-ring (bicyclic) bond motifs is 1. The number of aromatic nitrogens is 1. The average molecular weight is 368 g/mol. The maximum Gasteiger partial charge on any atom is 0.272 e. The Balaban J connectivity index is 1.91. The number of para-hydroxylation sites is 1. The summed E-state index contributed by atoms with van der Waals surface area (Å²) in [4.78, 5) is 20.2. The van der Waals surface area contributed by atoms with Crippen LogP contribution in [0.3, 0.4) is 0 Å². The summed E-state index contributed by atoms with van der Waals surface area (Å²) >= 11 is 0. The minimum Gasteiger partial charge on any atom is -0.334 e. The summed E-state index contributed by atoms with van der Waals surface area (Å²) in [6, 6.07) is 12.1. The molecule has 2 aromatic rings. The van der Waals surface area contributed by atoms with E-state index in [1.807, 2.05) is 36.4 Å². The average Bonchev–Trinajstić information content (AvgIpc) is 2.59. The number of hydrogen-bond acceptors (Lipinski definition) is 3. The summed E-state index contributed by atoms with van der Waals surface area (Å²) in [5, 5.41) is 4.79. The third-order valence-corrected chi connectivity index (χ3v) is 5.44. The number of nitrogens with one attached hydrogen (secondary N) is 1. The second-order valence-electron chi connectivity index (χ2n) is 9.20. The van der Waals surface area contributed by atoms with Gasteiger partial charge in [0, 0.05) is 29.1 Å². The van der Waals surface area contributed by atoms with Gasteiger partial charge in [0.2, 0.25) is 0 Å². The van der Waals surface area contributed by atoms with E-state index in [9.17, 15) is 4.79 Å². The van der Waals surface area contributed by atoms with E-state index in [1.54, 1.807) is 0 Å². The molecule has 1 fully saturated rings. The fourth-order valence-corrected chi connectivity index (χ4v) is 4.60. The van der Waals surface area contributed by atoms with Gasteiger partial charge in [0.25, 0.3) is 5.91 Å². The number of amides is 1. The Hall–Kier alpha value is -1.94. The molecule has 0 saturated carbocycles. The van der Waals surface area contributed by atoms with E-state index < -0.39 is 0 Å². The van der Waals surface area contributed by atoms with E-state index in [2.05, 4.69) is 49.8 Å². The molecule has 3 rings (SSSR count). The maximum absolute atomic E-state index is 13.5. The largest absolute Gasteiger partial charge is 0.334 e. The molecule has 0 radical (unpaired) electrons. The first-order valence-corrected chi connectivity index (χ1v) is 10.2. The molecule has 1 aliphatic rings. The molecule has 0 bridgehead atoms. The molecule has 1 amide bonds. The number of rotatable bonds is 5. The highest BCUT2D eigenvalue weighted by Gasteiger charge is 2.41. The summed E-state index contributed by atoms with van der Waals surface area (Å²) in [6.45, 7) is 11.9. The first-order chi connectivity index (χ1) is 12.7. The molecule has 0 spiro atoms. The third kappa shape index (κ3) is 4.67. The van der Waals surface area contributed by atoms with Crippen LogP contribution in [0.5, 0.6) is 0 Å². The molecule has 1 aromatic heterocycles. The second-order valence-corrected chi connectivity index (χ2v) is 9.20. The van der Waals surface area contributed by atoms with Crippen molar-refractivity contribution in [3.05, 3.63) is 42.1 Å². The second kappa shape index (κ2) is 7.59. The lowest BCUT2D eigenvalue weighted by Gasteiger charge is -2.49. The third-order valence-electron chi connectivity index (χ3n) is 5.44. The molecular weight excluding hydrogens is 334 g/mol. The van der Waals surface area contributed by atoms with Gasteiger partial charge in [-0.25, -0.2) is 4.98 Å². The van der Waals surface area contributed by atoms with Crippen LogP contribution >= 0.6 is 0 Å². The SMILES string of the molecule is CCCCN(C(=O)c1ccc2ccccc2n1)C1CC(C)(C)NC(C)(C)C1. The van der Waals surface area contributed by atoms with Gasteiger partial charge in [-0.3, -0.25) is 4.79 Å². The van der Waals surface area contributed by atoms with Crippen molar-refractivity contribution in [1.29, 1.82) is 0 Å². The van der Waals surface area contributed by atoms with Gasteiger partial charge in [-0.05, 0) is 59.1 Å². The van der Waals surface area contributed by atoms with Crippen LogP contribution in [0.25, 0.3) is 10.9 Å². The minimum absolute atomic E-state index is 0.00791. The van der Waals surface area contributed by atoms with Crippen molar-refractivity contribution >= 4 is 16.8 Å². The van der Waals surface area contributed by atoms with Crippen molar-refractivity contribution in [2.45, 2.75) is 77.4 Å². The van der Waals surface area contributed by atoms with Crippen molar-refractivity contribution in [2.75, 3.05) is 6.54 Å². The Morgan fingerprint density at radius 2 is 1.78 bits per heavy atom. The van der Waals surface area contributed by atoms with Crippen LogP contribution in [-0.4, -0.2) is 39.5 Å². The monoisotopic (exact) mass is 367 g/mol. The topological polar surface area (TPSA) is 45.2 Å². The van der Waals surface area contributed by atoms with Gasteiger partial charge >= 0.3 is 0 Å². The zero-order valence-electron chi connectivity index (χ0n) is 17.4. The number of benzene rings is 1. The Morgan fingerprint density at radius 1 is 1.11 bits per heavy atom. The molecule has 1 N–H and O–H groups in total. The van der Waals surface area contributed by atoms with Crippen molar-refractivity contribution in [1.82, 2.24) is 15.2 Å². The highest BCUT2D eigenvalue weighted by atomic mass is 16.2. The zero-order valence-corrected chi connectivity index (χ0v) is 17.4. The van der Waals surface area contributed by atoms with Crippen molar-refractivity contribution in [3.63, 3.8) is 0 Å². The van der Waals surface area contributed by atoms with Crippen molar-refractivity contribution in [2.24, 2.45) is 0 Å². The van der Waals surface area contributed by atoms with Crippen LogP contribution in [0.2, 0.25) is 0 Å². The minimum atomic E-state index is 0.00791. The van der Waals surface area contributed by atoms with Gasteiger partial charge in [-0.2, -0.15) is 0 Å². The number of hydrogen-bond donors (Lipinski definition) is 1. The quantitative estimate of drug-likeness (QED) is 0.827. The van der Waals surface area contributed by atoms with Gasteiger partial charge in [0.1, 0.15) is 5.69 Å². The van der Waals surface area contributed by atoms with Gasteiger partial charge in [-0.15, -0.1) is 0 Å². The molecule has 27 heavy (non-hydrogen) atoms. The number of carbonyl (C=O) groups is 1. The highest BCUT2D eigenvalue weighted by Crippen LogP contribution is 2.32. The maximum atomic E-state index is 13.5. The fourth-order valence-electron chi connectivity index (χ4n) is 4.60. The smallest absolute Gasteiger partial charge is 0.272 e. The predicted molar refractivity (Wildman–Crippen MR) is 112 cm³/mol. The Kier molecular flexibility index (Phi) is 5.57. The highest BCUT2D eigenvalue weighted by molar-refractivity contribution is 5.95.